The molecule has 0 unspecified atom stereocenters. The summed E-state index contributed by atoms with van der Waals surface area (Å²) < 4.78 is 31.6. The molecule has 0 saturated heterocycles. The SMILES string of the molecule is Cc1ccc(-c2ccc(CN)c(F)c2)c2cn(C)nc12.Cc1ccc(Br)c2cn(C)nc12.Cl.NCc1ccc(B(O)O)cc1F. The highest BCUT2D eigenvalue weighted by Gasteiger charge is 2.13. The molecule has 6 aromatic rings. The number of fused-ring (bicyclic) bond motifs is 2. The minimum atomic E-state index is -1.63. The third-order valence-electron chi connectivity index (χ3n) is 7.11. The molecular formula is C32H35BBrClF2N6O2. The van der Waals surface area contributed by atoms with Crippen molar-refractivity contribution in [2.24, 2.45) is 25.6 Å². The van der Waals surface area contributed by atoms with Crippen LogP contribution in [0.3, 0.4) is 0 Å². The molecule has 0 atom stereocenters. The van der Waals surface area contributed by atoms with Gasteiger partial charge in [-0.1, -0.05) is 58.4 Å². The highest BCUT2D eigenvalue weighted by molar-refractivity contribution is 9.10. The molecule has 6 rings (SSSR count). The molecule has 0 aliphatic rings. The highest BCUT2D eigenvalue weighted by Crippen LogP contribution is 2.31. The van der Waals surface area contributed by atoms with Gasteiger partial charge in [0.05, 0.1) is 11.0 Å². The van der Waals surface area contributed by atoms with E-state index in [0.29, 0.717) is 11.1 Å². The number of rotatable bonds is 4. The first kappa shape index (κ1) is 35.8. The van der Waals surface area contributed by atoms with E-state index in [4.69, 9.17) is 21.5 Å². The molecule has 0 amide bonds. The van der Waals surface area contributed by atoms with Crippen LogP contribution in [-0.4, -0.2) is 36.7 Å². The Morgan fingerprint density at radius 3 is 1.78 bits per heavy atom. The Morgan fingerprint density at radius 2 is 1.27 bits per heavy atom. The first-order chi connectivity index (χ1) is 20.9. The molecule has 0 fully saturated rings. The van der Waals surface area contributed by atoms with Gasteiger partial charge in [-0.15, -0.1) is 12.4 Å². The van der Waals surface area contributed by atoms with Gasteiger partial charge in [-0.3, -0.25) is 9.36 Å². The van der Waals surface area contributed by atoms with Crippen LogP contribution in [0.1, 0.15) is 22.3 Å². The summed E-state index contributed by atoms with van der Waals surface area (Å²) in [5.41, 5.74) is 17.9. The standard InChI is InChI=1S/C16H16FN3.C9H9BrN2.C7H9BFNO2.ClH/c1-10-3-6-13(14-9-20(2)19-16(10)14)11-4-5-12(8-18)15(17)7-11;1-6-3-4-8(10)7-5-12(2)11-9(6)7;9-7-3-6(8(11)12)2-1-5(7)4-10;/h3-7,9H,8,18H2,1-2H3;3-5H,1-2H3;1-3,11-12H,4,10H2;1H. The van der Waals surface area contributed by atoms with E-state index in [9.17, 15) is 8.78 Å². The van der Waals surface area contributed by atoms with Gasteiger partial charge in [0.1, 0.15) is 11.6 Å². The molecule has 0 aliphatic carbocycles. The zero-order chi connectivity index (χ0) is 32.1. The van der Waals surface area contributed by atoms with Gasteiger partial charge in [0.25, 0.3) is 0 Å². The van der Waals surface area contributed by atoms with Crippen LogP contribution in [0.4, 0.5) is 8.78 Å². The molecule has 0 aliphatic heterocycles. The number of aryl methyl sites for hydroxylation is 4. The molecule has 0 saturated carbocycles. The van der Waals surface area contributed by atoms with E-state index in [1.165, 1.54) is 23.1 Å². The Labute approximate surface area is 275 Å². The fourth-order valence-corrected chi connectivity index (χ4v) is 5.12. The van der Waals surface area contributed by atoms with E-state index in [-0.39, 0.29) is 36.8 Å². The van der Waals surface area contributed by atoms with Gasteiger partial charge < -0.3 is 21.5 Å². The largest absolute Gasteiger partial charge is 0.488 e. The van der Waals surface area contributed by atoms with Crippen LogP contribution in [-0.2, 0) is 27.2 Å². The molecule has 8 nitrogen and oxygen atoms in total. The molecule has 13 heteroatoms. The number of halogens is 4. The van der Waals surface area contributed by atoms with Gasteiger partial charge in [0.2, 0.25) is 0 Å². The van der Waals surface area contributed by atoms with Crippen LogP contribution in [0.15, 0.2) is 77.5 Å². The highest BCUT2D eigenvalue weighted by atomic mass is 79.9. The second-order valence-electron chi connectivity index (χ2n) is 10.4. The van der Waals surface area contributed by atoms with Crippen LogP contribution in [0.5, 0.6) is 0 Å². The van der Waals surface area contributed by atoms with Gasteiger partial charge in [0, 0.05) is 66.0 Å². The Balaban J connectivity index is 0.000000192. The lowest BCUT2D eigenvalue weighted by Crippen LogP contribution is -2.30. The number of hydrogen-bond acceptors (Lipinski definition) is 6. The predicted molar refractivity (Wildman–Crippen MR) is 183 cm³/mol. The summed E-state index contributed by atoms with van der Waals surface area (Å²) in [6.45, 7) is 4.41. The fourth-order valence-electron chi connectivity index (χ4n) is 4.70. The smallest absolute Gasteiger partial charge is 0.423 e. The molecule has 2 aromatic heterocycles. The van der Waals surface area contributed by atoms with E-state index >= 15 is 0 Å². The number of nitrogens with zero attached hydrogens (tertiary/aromatic N) is 4. The normalized spacial score (nSPS) is 10.6. The summed E-state index contributed by atoms with van der Waals surface area (Å²) in [4.78, 5) is 0. The molecule has 0 spiro atoms. The van der Waals surface area contributed by atoms with Crippen molar-refractivity contribution in [1.82, 2.24) is 19.6 Å². The second kappa shape index (κ2) is 15.6. The molecular weight excluding hydrogens is 665 g/mol. The number of benzene rings is 4. The third-order valence-corrected chi connectivity index (χ3v) is 7.80. The Kier molecular flexibility index (Phi) is 12.4. The van der Waals surface area contributed by atoms with Crippen molar-refractivity contribution >= 4 is 62.7 Å². The minimum absolute atomic E-state index is 0. The van der Waals surface area contributed by atoms with Crippen LogP contribution >= 0.6 is 28.3 Å². The van der Waals surface area contributed by atoms with Crippen LogP contribution < -0.4 is 16.9 Å². The van der Waals surface area contributed by atoms with Gasteiger partial charge in [0.15, 0.2) is 0 Å². The van der Waals surface area contributed by atoms with Crippen LogP contribution in [0.2, 0.25) is 0 Å². The molecule has 0 bridgehead atoms. The van der Waals surface area contributed by atoms with Crippen LogP contribution in [0, 0.1) is 25.5 Å². The monoisotopic (exact) mass is 698 g/mol. The van der Waals surface area contributed by atoms with E-state index in [0.717, 1.165) is 43.6 Å². The lowest BCUT2D eigenvalue weighted by Gasteiger charge is -2.07. The van der Waals surface area contributed by atoms with Crippen molar-refractivity contribution in [3.05, 3.63) is 111 Å². The number of aromatic nitrogens is 4. The summed E-state index contributed by atoms with van der Waals surface area (Å²) in [5, 5.41) is 28.4. The van der Waals surface area contributed by atoms with Crippen molar-refractivity contribution < 1.29 is 18.8 Å². The Bertz CT molecular complexity index is 1890. The first-order valence-corrected chi connectivity index (χ1v) is 14.6. The number of hydrogen-bond donors (Lipinski definition) is 4. The molecule has 2 heterocycles. The summed E-state index contributed by atoms with van der Waals surface area (Å²) in [6.07, 6.45) is 3.98. The third kappa shape index (κ3) is 8.34. The lowest BCUT2D eigenvalue weighted by molar-refractivity contribution is 0.425. The van der Waals surface area contributed by atoms with E-state index < -0.39 is 12.9 Å². The Morgan fingerprint density at radius 1 is 0.756 bits per heavy atom. The average molecular weight is 700 g/mol. The van der Waals surface area contributed by atoms with Crippen molar-refractivity contribution in [2.45, 2.75) is 26.9 Å². The quantitative estimate of drug-likeness (QED) is 0.188. The van der Waals surface area contributed by atoms with Crippen molar-refractivity contribution in [2.75, 3.05) is 0 Å². The van der Waals surface area contributed by atoms with E-state index in [1.54, 1.807) is 16.8 Å². The molecule has 45 heavy (non-hydrogen) atoms. The summed E-state index contributed by atoms with van der Waals surface area (Å²) in [6, 6.07) is 17.3. The Hall–Kier alpha value is -3.65. The zero-order valence-electron chi connectivity index (χ0n) is 25.3. The van der Waals surface area contributed by atoms with Crippen molar-refractivity contribution in [1.29, 1.82) is 0 Å². The summed E-state index contributed by atoms with van der Waals surface area (Å²) in [7, 11) is 2.19. The summed E-state index contributed by atoms with van der Waals surface area (Å²) >= 11 is 3.49. The van der Waals surface area contributed by atoms with Gasteiger partial charge in [-0.2, -0.15) is 10.2 Å². The predicted octanol–water partition coefficient (Wildman–Crippen LogP) is 5.18. The maximum Gasteiger partial charge on any atom is 0.488 e. The van der Waals surface area contributed by atoms with E-state index in [2.05, 4.69) is 45.2 Å². The lowest BCUT2D eigenvalue weighted by atomic mass is 9.80. The van der Waals surface area contributed by atoms with Crippen LogP contribution in [0.25, 0.3) is 32.9 Å². The maximum atomic E-state index is 13.9. The fraction of sp³-hybridized carbons (Fsp3) is 0.188. The average Bonchev–Trinajstić information content (AvgIpc) is 3.59. The minimum Gasteiger partial charge on any atom is -0.423 e. The molecule has 4 aromatic carbocycles. The van der Waals surface area contributed by atoms with Crippen molar-refractivity contribution in [3.8, 4) is 11.1 Å². The topological polar surface area (TPSA) is 128 Å². The van der Waals surface area contributed by atoms with Gasteiger partial charge in [-0.25, -0.2) is 8.78 Å². The zero-order valence-corrected chi connectivity index (χ0v) is 27.7. The summed E-state index contributed by atoms with van der Waals surface area (Å²) in [5.74, 6) is -0.772. The maximum absolute atomic E-state index is 13.9. The van der Waals surface area contributed by atoms with Crippen molar-refractivity contribution in [3.63, 3.8) is 0 Å². The first-order valence-electron chi connectivity index (χ1n) is 13.8. The molecule has 0 radical (unpaired) electrons. The number of nitrogens with two attached hydrogens (primary N) is 2. The van der Waals surface area contributed by atoms with Gasteiger partial charge in [-0.05, 0) is 59.8 Å². The van der Waals surface area contributed by atoms with E-state index in [1.807, 2.05) is 56.3 Å². The molecule has 6 N–H and O–H groups in total. The van der Waals surface area contributed by atoms with Gasteiger partial charge >= 0.3 is 7.12 Å². The molecule has 236 valence electrons. The second-order valence-corrected chi connectivity index (χ2v) is 11.2.